The molecule has 0 aromatic heterocycles. The van der Waals surface area contributed by atoms with Crippen molar-refractivity contribution >= 4 is 66.4 Å². The van der Waals surface area contributed by atoms with Crippen LogP contribution in [0.4, 0.5) is 11.4 Å². The van der Waals surface area contributed by atoms with E-state index in [2.05, 4.69) is 21.2 Å². The smallest absolute Gasteiger partial charge is 0.264 e. The van der Waals surface area contributed by atoms with Crippen molar-refractivity contribution < 1.29 is 17.9 Å². The van der Waals surface area contributed by atoms with Gasteiger partial charge in [-0.05, 0) is 73.7 Å². The summed E-state index contributed by atoms with van der Waals surface area (Å²) < 4.78 is 34.0. The average Bonchev–Trinajstić information content (AvgIpc) is 2.76. The lowest BCUT2D eigenvalue weighted by molar-refractivity contribution is -0.114. The molecule has 6 nitrogen and oxygen atoms in total. The van der Waals surface area contributed by atoms with Crippen LogP contribution in [0.3, 0.4) is 0 Å². The number of benzene rings is 3. The van der Waals surface area contributed by atoms with Crippen LogP contribution in [0.1, 0.15) is 6.92 Å². The summed E-state index contributed by atoms with van der Waals surface area (Å²) in [6, 6.07) is 17.3. The first-order valence-electron chi connectivity index (χ1n) is 9.47. The Morgan fingerprint density at radius 1 is 1.00 bits per heavy atom. The van der Waals surface area contributed by atoms with Crippen LogP contribution < -0.4 is 14.4 Å². The van der Waals surface area contributed by atoms with Crippen LogP contribution in [-0.4, -0.2) is 27.5 Å². The molecule has 0 heterocycles. The molecule has 32 heavy (non-hydrogen) atoms. The van der Waals surface area contributed by atoms with Gasteiger partial charge < -0.3 is 10.1 Å². The fourth-order valence-corrected chi connectivity index (χ4v) is 4.81. The maximum absolute atomic E-state index is 13.4. The predicted octanol–water partition coefficient (Wildman–Crippen LogP) is 5.99. The highest BCUT2D eigenvalue weighted by Gasteiger charge is 2.27. The largest absolute Gasteiger partial charge is 0.494 e. The maximum atomic E-state index is 13.4. The second-order valence-electron chi connectivity index (χ2n) is 6.57. The van der Waals surface area contributed by atoms with E-state index in [0.29, 0.717) is 28.8 Å². The molecule has 0 saturated heterocycles. The van der Waals surface area contributed by atoms with E-state index in [4.69, 9.17) is 27.9 Å². The molecule has 0 aliphatic carbocycles. The van der Waals surface area contributed by atoms with Crippen molar-refractivity contribution in [3.8, 4) is 5.75 Å². The van der Waals surface area contributed by atoms with Gasteiger partial charge in [-0.25, -0.2) is 8.42 Å². The van der Waals surface area contributed by atoms with Gasteiger partial charge in [0, 0.05) is 10.2 Å². The van der Waals surface area contributed by atoms with Crippen LogP contribution in [0.2, 0.25) is 10.0 Å². The lowest BCUT2D eigenvalue weighted by atomic mass is 10.3. The molecule has 0 bridgehead atoms. The van der Waals surface area contributed by atoms with Gasteiger partial charge in [-0.3, -0.25) is 9.10 Å². The second kappa shape index (κ2) is 10.6. The molecule has 0 atom stereocenters. The summed E-state index contributed by atoms with van der Waals surface area (Å²) in [5.41, 5.74) is 0.720. The molecule has 0 fully saturated rings. The third-order valence-electron chi connectivity index (χ3n) is 4.33. The Hall–Kier alpha value is -2.26. The molecule has 1 amide bonds. The van der Waals surface area contributed by atoms with Gasteiger partial charge in [-0.2, -0.15) is 0 Å². The zero-order valence-electron chi connectivity index (χ0n) is 16.9. The number of carbonyl (C=O) groups is 1. The van der Waals surface area contributed by atoms with E-state index in [-0.39, 0.29) is 9.92 Å². The number of halogens is 3. The first-order valence-corrected chi connectivity index (χ1v) is 12.5. The molecule has 168 valence electrons. The van der Waals surface area contributed by atoms with Crippen molar-refractivity contribution in [1.82, 2.24) is 0 Å². The summed E-state index contributed by atoms with van der Waals surface area (Å²) >= 11 is 15.2. The summed E-state index contributed by atoms with van der Waals surface area (Å²) in [6.07, 6.45) is 0. The van der Waals surface area contributed by atoms with E-state index in [1.54, 1.807) is 48.5 Å². The summed E-state index contributed by atoms with van der Waals surface area (Å²) in [5, 5.41) is 3.27. The molecule has 10 heteroatoms. The van der Waals surface area contributed by atoms with Crippen molar-refractivity contribution in [2.45, 2.75) is 11.8 Å². The highest BCUT2D eigenvalue weighted by atomic mass is 79.9. The molecule has 1 N–H and O–H groups in total. The topological polar surface area (TPSA) is 75.7 Å². The first-order chi connectivity index (χ1) is 15.2. The van der Waals surface area contributed by atoms with Crippen molar-refractivity contribution in [2.24, 2.45) is 0 Å². The summed E-state index contributed by atoms with van der Waals surface area (Å²) in [6.45, 7) is 1.88. The number of hydrogen-bond acceptors (Lipinski definition) is 4. The van der Waals surface area contributed by atoms with Crippen molar-refractivity contribution in [2.75, 3.05) is 22.8 Å². The lowest BCUT2D eigenvalue weighted by Crippen LogP contribution is -2.38. The number of sulfonamides is 1. The Bertz CT molecular complexity index is 1200. The summed E-state index contributed by atoms with van der Waals surface area (Å²) in [4.78, 5) is 12.8. The predicted molar refractivity (Wildman–Crippen MR) is 131 cm³/mol. The number of ether oxygens (including phenoxy) is 1. The van der Waals surface area contributed by atoms with Gasteiger partial charge in [-0.15, -0.1) is 0 Å². The molecule has 0 unspecified atom stereocenters. The fourth-order valence-electron chi connectivity index (χ4n) is 2.83. The molecule has 0 saturated carbocycles. The van der Waals surface area contributed by atoms with E-state index in [1.165, 1.54) is 18.2 Å². The number of carbonyl (C=O) groups excluding carboxylic acids is 1. The van der Waals surface area contributed by atoms with Crippen LogP contribution in [0.15, 0.2) is 76.1 Å². The quantitative estimate of drug-likeness (QED) is 0.369. The van der Waals surface area contributed by atoms with Crippen LogP contribution in [-0.2, 0) is 14.8 Å². The van der Waals surface area contributed by atoms with Gasteiger partial charge >= 0.3 is 0 Å². The third-order valence-corrected chi connectivity index (χ3v) is 7.38. The maximum Gasteiger partial charge on any atom is 0.264 e. The Morgan fingerprint density at radius 2 is 1.66 bits per heavy atom. The third kappa shape index (κ3) is 5.95. The first kappa shape index (κ1) is 24.4. The van der Waals surface area contributed by atoms with E-state index < -0.39 is 22.5 Å². The number of anilines is 2. The lowest BCUT2D eigenvalue weighted by Gasteiger charge is -2.24. The van der Waals surface area contributed by atoms with Gasteiger partial charge in [0.25, 0.3) is 10.0 Å². The number of hydrogen-bond donors (Lipinski definition) is 1. The number of rotatable bonds is 8. The number of nitrogens with zero attached hydrogens (tertiary/aromatic N) is 1. The summed E-state index contributed by atoms with van der Waals surface area (Å²) in [5.74, 6) is 0.0513. The fraction of sp³-hybridized carbons (Fsp3) is 0.136. The van der Waals surface area contributed by atoms with Crippen molar-refractivity contribution in [1.29, 1.82) is 0 Å². The molecule has 0 spiro atoms. The Labute approximate surface area is 205 Å². The number of amides is 1. The highest BCUT2D eigenvalue weighted by molar-refractivity contribution is 9.10. The number of nitrogens with one attached hydrogen (secondary N) is 1. The Kier molecular flexibility index (Phi) is 8.05. The zero-order chi connectivity index (χ0) is 23.3. The van der Waals surface area contributed by atoms with Gasteiger partial charge in [0.1, 0.15) is 12.3 Å². The minimum atomic E-state index is -4.03. The van der Waals surface area contributed by atoms with Gasteiger partial charge in [-0.1, -0.05) is 39.1 Å². The van der Waals surface area contributed by atoms with Gasteiger partial charge in [0.05, 0.1) is 27.2 Å². The Morgan fingerprint density at radius 3 is 2.25 bits per heavy atom. The van der Waals surface area contributed by atoms with E-state index >= 15 is 0 Å². The van der Waals surface area contributed by atoms with Gasteiger partial charge in [0.15, 0.2) is 0 Å². The second-order valence-corrected chi connectivity index (χ2v) is 10.2. The average molecular weight is 558 g/mol. The minimum absolute atomic E-state index is 0.0527. The van der Waals surface area contributed by atoms with Crippen LogP contribution in [0.25, 0.3) is 0 Å². The SMILES string of the molecule is CCOc1ccc(N(CC(=O)Nc2ccc(Cl)c(Cl)c2)S(=O)(=O)c2ccc(Br)cc2)cc1. The van der Waals surface area contributed by atoms with E-state index in [9.17, 15) is 13.2 Å². The molecule has 0 radical (unpaired) electrons. The zero-order valence-corrected chi connectivity index (χ0v) is 20.8. The van der Waals surface area contributed by atoms with Crippen LogP contribution in [0, 0.1) is 0 Å². The standard InChI is InChI=1S/C22H19BrCl2N2O4S/c1-2-31-18-8-6-17(7-9-18)27(32(29,30)19-10-3-15(23)4-11-19)14-22(28)26-16-5-12-20(24)21(25)13-16/h3-13H,2,14H2,1H3,(H,26,28). The molecule has 3 aromatic rings. The van der Waals surface area contributed by atoms with E-state index in [0.717, 1.165) is 8.78 Å². The van der Waals surface area contributed by atoms with Crippen LogP contribution >= 0.6 is 39.1 Å². The minimum Gasteiger partial charge on any atom is -0.494 e. The highest BCUT2D eigenvalue weighted by Crippen LogP contribution is 2.28. The van der Waals surface area contributed by atoms with Crippen LogP contribution in [0.5, 0.6) is 5.75 Å². The molecular formula is C22H19BrCl2N2O4S. The van der Waals surface area contributed by atoms with Crippen molar-refractivity contribution in [3.05, 3.63) is 81.2 Å². The van der Waals surface area contributed by atoms with Gasteiger partial charge in [0.2, 0.25) is 5.91 Å². The Balaban J connectivity index is 1.93. The normalized spacial score (nSPS) is 11.1. The summed E-state index contributed by atoms with van der Waals surface area (Å²) in [7, 11) is -4.03. The molecule has 0 aliphatic rings. The molecular weight excluding hydrogens is 539 g/mol. The molecule has 0 aliphatic heterocycles. The monoisotopic (exact) mass is 556 g/mol. The molecule has 3 aromatic carbocycles. The van der Waals surface area contributed by atoms with E-state index in [1.807, 2.05) is 6.92 Å². The molecule has 3 rings (SSSR count). The van der Waals surface area contributed by atoms with Crippen molar-refractivity contribution in [3.63, 3.8) is 0 Å².